The maximum absolute atomic E-state index is 13.5. The Kier molecular flexibility index (Phi) is 6.40. The van der Waals surface area contributed by atoms with Crippen molar-refractivity contribution in [2.24, 2.45) is 0 Å². The molecule has 0 saturated heterocycles. The van der Waals surface area contributed by atoms with Gasteiger partial charge >= 0.3 is 0 Å². The van der Waals surface area contributed by atoms with Crippen LogP contribution in [0.4, 0.5) is 10.1 Å². The lowest BCUT2D eigenvalue weighted by molar-refractivity contribution is -0.116. The third-order valence-electron chi connectivity index (χ3n) is 3.05. The Morgan fingerprint density at radius 3 is 2.78 bits per heavy atom. The zero-order valence-electron chi connectivity index (χ0n) is 12.6. The van der Waals surface area contributed by atoms with Crippen molar-refractivity contribution < 1.29 is 18.7 Å². The number of methoxy groups -OCH3 is 1. The molecule has 4 nitrogen and oxygen atoms in total. The number of hydrogen-bond acceptors (Lipinski definition) is 3. The lowest BCUT2D eigenvalue weighted by Crippen LogP contribution is -2.13. The van der Waals surface area contributed by atoms with Crippen molar-refractivity contribution in [1.82, 2.24) is 0 Å². The van der Waals surface area contributed by atoms with Crippen molar-refractivity contribution in [2.75, 3.05) is 19.0 Å². The molecule has 0 aromatic heterocycles. The second-order valence-electron chi connectivity index (χ2n) is 4.81. The fourth-order valence-corrected chi connectivity index (χ4v) is 2.33. The van der Waals surface area contributed by atoms with Crippen LogP contribution in [0.2, 0.25) is 0 Å². The van der Waals surface area contributed by atoms with Gasteiger partial charge in [-0.1, -0.05) is 22.0 Å². The van der Waals surface area contributed by atoms with Gasteiger partial charge in [0.2, 0.25) is 5.91 Å². The lowest BCUT2D eigenvalue weighted by Gasteiger charge is -2.08. The van der Waals surface area contributed by atoms with Gasteiger partial charge in [0.15, 0.2) is 11.6 Å². The standard InChI is InChI=1S/C17H17BrFNO3/c1-22-16-8-7-13(11-15(16)19)20-17(21)6-3-9-23-14-5-2-4-12(18)10-14/h2,4-5,7-8,10-11H,3,6,9H2,1H3,(H,20,21). The van der Waals surface area contributed by atoms with E-state index < -0.39 is 5.82 Å². The Hall–Kier alpha value is -2.08. The Balaban J connectivity index is 1.74. The van der Waals surface area contributed by atoms with Crippen molar-refractivity contribution in [2.45, 2.75) is 12.8 Å². The number of hydrogen-bond donors (Lipinski definition) is 1. The Morgan fingerprint density at radius 1 is 1.26 bits per heavy atom. The number of anilines is 1. The van der Waals surface area contributed by atoms with Gasteiger partial charge in [-0.15, -0.1) is 0 Å². The Morgan fingerprint density at radius 2 is 2.09 bits per heavy atom. The van der Waals surface area contributed by atoms with Gasteiger partial charge in [-0.25, -0.2) is 4.39 Å². The molecule has 1 amide bonds. The summed E-state index contributed by atoms with van der Waals surface area (Å²) in [6.07, 6.45) is 0.860. The lowest BCUT2D eigenvalue weighted by atomic mass is 10.2. The number of carbonyl (C=O) groups excluding carboxylic acids is 1. The smallest absolute Gasteiger partial charge is 0.224 e. The van der Waals surface area contributed by atoms with Crippen LogP contribution in [0.15, 0.2) is 46.9 Å². The van der Waals surface area contributed by atoms with Crippen LogP contribution in [0.5, 0.6) is 11.5 Å². The van der Waals surface area contributed by atoms with Crippen LogP contribution in [-0.4, -0.2) is 19.6 Å². The summed E-state index contributed by atoms with van der Waals surface area (Å²) < 4.78 is 24.8. The van der Waals surface area contributed by atoms with E-state index in [1.165, 1.54) is 19.2 Å². The van der Waals surface area contributed by atoms with Crippen LogP contribution in [0.25, 0.3) is 0 Å². The van der Waals surface area contributed by atoms with E-state index in [2.05, 4.69) is 21.2 Å². The fourth-order valence-electron chi connectivity index (χ4n) is 1.95. The minimum Gasteiger partial charge on any atom is -0.494 e. The average molecular weight is 382 g/mol. The van der Waals surface area contributed by atoms with Gasteiger partial charge in [0.1, 0.15) is 5.75 Å². The first-order valence-electron chi connectivity index (χ1n) is 7.10. The number of halogens is 2. The van der Waals surface area contributed by atoms with Gasteiger partial charge in [0.05, 0.1) is 13.7 Å². The molecule has 0 atom stereocenters. The van der Waals surface area contributed by atoms with Crippen LogP contribution in [0, 0.1) is 5.82 Å². The summed E-state index contributed by atoms with van der Waals surface area (Å²) >= 11 is 3.36. The maximum atomic E-state index is 13.5. The highest BCUT2D eigenvalue weighted by molar-refractivity contribution is 9.10. The fraction of sp³-hybridized carbons (Fsp3) is 0.235. The van der Waals surface area contributed by atoms with Crippen LogP contribution >= 0.6 is 15.9 Å². The number of carbonyl (C=O) groups is 1. The zero-order chi connectivity index (χ0) is 16.7. The molecule has 0 radical (unpaired) electrons. The van der Waals surface area contributed by atoms with E-state index >= 15 is 0 Å². The van der Waals surface area contributed by atoms with Crippen molar-refractivity contribution in [1.29, 1.82) is 0 Å². The van der Waals surface area contributed by atoms with E-state index in [4.69, 9.17) is 9.47 Å². The quantitative estimate of drug-likeness (QED) is 0.723. The summed E-state index contributed by atoms with van der Waals surface area (Å²) in [4.78, 5) is 11.8. The van der Waals surface area contributed by atoms with Gasteiger partial charge in [0, 0.05) is 22.6 Å². The molecule has 0 unspecified atom stereocenters. The summed E-state index contributed by atoms with van der Waals surface area (Å²) in [5, 5.41) is 2.64. The first-order valence-corrected chi connectivity index (χ1v) is 7.89. The van der Waals surface area contributed by atoms with Crippen molar-refractivity contribution in [3.05, 3.63) is 52.8 Å². The minimum atomic E-state index is -0.511. The summed E-state index contributed by atoms with van der Waals surface area (Å²) in [7, 11) is 1.39. The Bertz CT molecular complexity index is 679. The molecule has 0 aliphatic carbocycles. The molecular formula is C17H17BrFNO3. The van der Waals surface area contributed by atoms with Crippen molar-refractivity contribution >= 4 is 27.5 Å². The normalized spacial score (nSPS) is 10.2. The monoisotopic (exact) mass is 381 g/mol. The van der Waals surface area contributed by atoms with Crippen LogP contribution in [0.1, 0.15) is 12.8 Å². The summed E-state index contributed by atoms with van der Waals surface area (Å²) in [6.45, 7) is 0.431. The third-order valence-corrected chi connectivity index (χ3v) is 3.54. The third kappa shape index (κ3) is 5.56. The molecule has 0 fully saturated rings. The number of benzene rings is 2. The molecule has 0 saturated carbocycles. The number of amides is 1. The average Bonchev–Trinajstić information content (AvgIpc) is 2.52. The zero-order valence-corrected chi connectivity index (χ0v) is 14.2. The maximum Gasteiger partial charge on any atom is 0.224 e. The van der Waals surface area contributed by atoms with Crippen LogP contribution in [-0.2, 0) is 4.79 Å². The van der Waals surface area contributed by atoms with E-state index in [0.717, 1.165) is 10.2 Å². The van der Waals surface area contributed by atoms with E-state index in [1.807, 2.05) is 24.3 Å². The highest BCUT2D eigenvalue weighted by Gasteiger charge is 2.07. The molecule has 0 heterocycles. The molecule has 2 aromatic rings. The van der Waals surface area contributed by atoms with E-state index in [1.54, 1.807) is 6.07 Å². The van der Waals surface area contributed by atoms with Crippen LogP contribution < -0.4 is 14.8 Å². The molecule has 23 heavy (non-hydrogen) atoms. The molecule has 2 aromatic carbocycles. The van der Waals surface area contributed by atoms with Gasteiger partial charge in [-0.2, -0.15) is 0 Å². The number of rotatable bonds is 7. The van der Waals surface area contributed by atoms with Crippen LogP contribution in [0.3, 0.4) is 0 Å². The molecule has 0 aliphatic heterocycles. The Labute approximate surface area is 142 Å². The van der Waals surface area contributed by atoms with Crippen molar-refractivity contribution in [3.8, 4) is 11.5 Å². The molecule has 2 rings (SSSR count). The molecular weight excluding hydrogens is 365 g/mol. The predicted octanol–water partition coefficient (Wildman–Crippen LogP) is 4.39. The largest absolute Gasteiger partial charge is 0.494 e. The number of nitrogens with one attached hydrogen (secondary N) is 1. The molecule has 6 heteroatoms. The minimum absolute atomic E-state index is 0.144. The number of ether oxygens (including phenoxy) is 2. The first-order chi connectivity index (χ1) is 11.1. The molecule has 0 spiro atoms. The van der Waals surface area contributed by atoms with Gasteiger partial charge in [-0.05, 0) is 36.8 Å². The topological polar surface area (TPSA) is 47.6 Å². The highest BCUT2D eigenvalue weighted by Crippen LogP contribution is 2.21. The molecule has 0 bridgehead atoms. The predicted molar refractivity (Wildman–Crippen MR) is 90.5 cm³/mol. The summed E-state index contributed by atoms with van der Waals surface area (Å²) in [6, 6.07) is 11.8. The van der Waals surface area contributed by atoms with E-state index in [-0.39, 0.29) is 11.7 Å². The summed E-state index contributed by atoms with van der Waals surface area (Å²) in [5.41, 5.74) is 0.404. The highest BCUT2D eigenvalue weighted by atomic mass is 79.9. The summed E-state index contributed by atoms with van der Waals surface area (Å²) in [5.74, 6) is 0.193. The van der Waals surface area contributed by atoms with E-state index in [0.29, 0.717) is 25.1 Å². The van der Waals surface area contributed by atoms with E-state index in [9.17, 15) is 9.18 Å². The molecule has 122 valence electrons. The second-order valence-corrected chi connectivity index (χ2v) is 5.72. The van der Waals surface area contributed by atoms with Crippen molar-refractivity contribution in [3.63, 3.8) is 0 Å². The van der Waals surface area contributed by atoms with Gasteiger partial charge in [-0.3, -0.25) is 4.79 Å². The van der Waals surface area contributed by atoms with Gasteiger partial charge < -0.3 is 14.8 Å². The molecule has 0 aliphatic rings. The second kappa shape index (κ2) is 8.53. The van der Waals surface area contributed by atoms with Gasteiger partial charge in [0.25, 0.3) is 0 Å². The SMILES string of the molecule is COc1ccc(NC(=O)CCCOc2cccc(Br)c2)cc1F. The first kappa shape index (κ1) is 17.3. The molecule has 1 N–H and O–H groups in total.